The lowest BCUT2D eigenvalue weighted by Gasteiger charge is -2.20. The minimum atomic E-state index is 0.251. The summed E-state index contributed by atoms with van der Waals surface area (Å²) in [5, 5.41) is 4.52. The number of aldehydes is 1. The average Bonchev–Trinajstić information content (AvgIpc) is 2.55. The van der Waals surface area contributed by atoms with Crippen molar-refractivity contribution >= 4 is 6.29 Å². The molecule has 0 N–H and O–H groups in total. The molecule has 0 radical (unpaired) electrons. The van der Waals surface area contributed by atoms with Gasteiger partial charge in [0.25, 0.3) is 0 Å². The molecule has 2 rings (SSSR count). The van der Waals surface area contributed by atoms with E-state index >= 15 is 0 Å². The first-order valence-corrected chi connectivity index (χ1v) is 5.37. The van der Waals surface area contributed by atoms with Crippen LogP contribution in [-0.4, -0.2) is 34.6 Å². The Morgan fingerprint density at radius 3 is 2.80 bits per heavy atom. The molecular weight excluding hydrogens is 190 g/mol. The van der Waals surface area contributed by atoms with E-state index in [2.05, 4.69) is 30.9 Å². The van der Waals surface area contributed by atoms with Crippen LogP contribution in [0.1, 0.15) is 41.6 Å². The minimum absolute atomic E-state index is 0.251. The van der Waals surface area contributed by atoms with Crippen LogP contribution >= 0.6 is 0 Å². The van der Waals surface area contributed by atoms with Gasteiger partial charge in [0.15, 0.2) is 6.29 Å². The second-order valence-corrected chi connectivity index (χ2v) is 4.45. The van der Waals surface area contributed by atoms with Crippen molar-refractivity contribution in [2.75, 3.05) is 13.6 Å². The summed E-state index contributed by atoms with van der Waals surface area (Å²) in [5.74, 6) is 0. The topological polar surface area (TPSA) is 38.1 Å². The second-order valence-electron chi connectivity index (χ2n) is 4.45. The number of nitrogens with zero attached hydrogens (tertiary/aromatic N) is 3. The second kappa shape index (κ2) is 3.77. The zero-order valence-corrected chi connectivity index (χ0v) is 9.53. The molecule has 0 saturated heterocycles. The lowest BCUT2D eigenvalue weighted by Crippen LogP contribution is -2.26. The van der Waals surface area contributed by atoms with Crippen molar-refractivity contribution in [3.05, 3.63) is 17.0 Å². The van der Waals surface area contributed by atoms with Gasteiger partial charge in [-0.05, 0) is 27.3 Å². The number of rotatable bonds is 2. The molecule has 2 heterocycles. The molecule has 0 bridgehead atoms. The Labute approximate surface area is 89.9 Å². The Morgan fingerprint density at radius 2 is 2.20 bits per heavy atom. The quantitative estimate of drug-likeness (QED) is 0.685. The first-order chi connectivity index (χ1) is 7.13. The molecule has 0 aromatic carbocycles. The first kappa shape index (κ1) is 10.4. The first-order valence-electron chi connectivity index (χ1n) is 5.37. The third kappa shape index (κ3) is 1.69. The van der Waals surface area contributed by atoms with Crippen LogP contribution in [0, 0.1) is 0 Å². The summed E-state index contributed by atoms with van der Waals surface area (Å²) in [6, 6.07) is 0.251. The molecule has 1 aromatic heterocycles. The standard InChI is InChI=1S/C11H17N3O/c1-8(2)14-11(7-15)9-4-5-13(3)6-10(9)12-14/h7-8H,4-6H2,1-3H3. The summed E-state index contributed by atoms with van der Waals surface area (Å²) < 4.78 is 1.84. The SMILES string of the molecule is CC(C)n1nc2c(c1C=O)CCN(C)C2. The summed E-state index contributed by atoms with van der Waals surface area (Å²) in [4.78, 5) is 13.3. The van der Waals surface area contributed by atoms with Gasteiger partial charge in [0, 0.05) is 24.7 Å². The van der Waals surface area contributed by atoms with Crippen molar-refractivity contribution in [3.63, 3.8) is 0 Å². The van der Waals surface area contributed by atoms with Gasteiger partial charge in [0.05, 0.1) is 5.69 Å². The van der Waals surface area contributed by atoms with Crippen LogP contribution in [0.25, 0.3) is 0 Å². The number of fused-ring (bicyclic) bond motifs is 1. The Morgan fingerprint density at radius 1 is 1.47 bits per heavy atom. The van der Waals surface area contributed by atoms with E-state index in [9.17, 15) is 4.79 Å². The van der Waals surface area contributed by atoms with E-state index in [4.69, 9.17) is 0 Å². The van der Waals surface area contributed by atoms with Crippen LogP contribution in [0.4, 0.5) is 0 Å². The number of likely N-dealkylation sites (N-methyl/N-ethyl adjacent to an activating group) is 1. The zero-order chi connectivity index (χ0) is 11.0. The van der Waals surface area contributed by atoms with Gasteiger partial charge in [-0.1, -0.05) is 0 Å². The molecule has 15 heavy (non-hydrogen) atoms. The Bertz CT molecular complexity index is 381. The molecule has 0 fully saturated rings. The Hall–Kier alpha value is -1.16. The van der Waals surface area contributed by atoms with Crippen molar-refractivity contribution in [3.8, 4) is 0 Å². The maximum atomic E-state index is 11.1. The molecule has 0 saturated carbocycles. The highest BCUT2D eigenvalue weighted by Gasteiger charge is 2.23. The van der Waals surface area contributed by atoms with Crippen molar-refractivity contribution in [1.29, 1.82) is 0 Å². The predicted molar refractivity (Wildman–Crippen MR) is 58.0 cm³/mol. The molecule has 0 spiro atoms. The third-order valence-corrected chi connectivity index (χ3v) is 2.90. The van der Waals surface area contributed by atoms with Crippen LogP contribution in [0.15, 0.2) is 0 Å². The molecule has 82 valence electrons. The maximum absolute atomic E-state index is 11.1. The Kier molecular flexibility index (Phi) is 2.61. The summed E-state index contributed by atoms with van der Waals surface area (Å²) in [5.41, 5.74) is 2.99. The van der Waals surface area contributed by atoms with Crippen molar-refractivity contribution in [2.24, 2.45) is 0 Å². The monoisotopic (exact) mass is 207 g/mol. The molecule has 1 aliphatic heterocycles. The molecule has 1 aliphatic rings. The number of aromatic nitrogens is 2. The van der Waals surface area contributed by atoms with E-state index in [0.29, 0.717) is 0 Å². The van der Waals surface area contributed by atoms with E-state index in [1.807, 2.05) is 4.68 Å². The molecule has 0 unspecified atom stereocenters. The van der Waals surface area contributed by atoms with Crippen LogP contribution < -0.4 is 0 Å². The van der Waals surface area contributed by atoms with Crippen molar-refractivity contribution in [1.82, 2.24) is 14.7 Å². The van der Waals surface area contributed by atoms with Gasteiger partial charge in [-0.25, -0.2) is 0 Å². The summed E-state index contributed by atoms with van der Waals surface area (Å²) >= 11 is 0. The third-order valence-electron chi connectivity index (χ3n) is 2.90. The number of hydrogen-bond donors (Lipinski definition) is 0. The molecule has 0 aliphatic carbocycles. The highest BCUT2D eigenvalue weighted by molar-refractivity contribution is 5.75. The predicted octanol–water partition coefficient (Wildman–Crippen LogP) is 1.26. The summed E-state index contributed by atoms with van der Waals surface area (Å²) in [6.45, 7) is 5.97. The van der Waals surface area contributed by atoms with E-state index in [-0.39, 0.29) is 6.04 Å². The van der Waals surface area contributed by atoms with Gasteiger partial charge < -0.3 is 4.90 Å². The molecule has 4 heteroatoms. The fraction of sp³-hybridized carbons (Fsp3) is 0.636. The minimum Gasteiger partial charge on any atom is -0.300 e. The Balaban J connectivity index is 2.48. The van der Waals surface area contributed by atoms with Gasteiger partial charge in [-0.2, -0.15) is 5.10 Å². The highest BCUT2D eigenvalue weighted by Crippen LogP contribution is 2.22. The van der Waals surface area contributed by atoms with Gasteiger partial charge >= 0.3 is 0 Å². The normalized spacial score (nSPS) is 16.8. The van der Waals surface area contributed by atoms with Crippen LogP contribution in [0.2, 0.25) is 0 Å². The number of carbonyl (C=O) groups is 1. The molecule has 1 aromatic rings. The van der Waals surface area contributed by atoms with Gasteiger partial charge in [-0.15, -0.1) is 0 Å². The zero-order valence-electron chi connectivity index (χ0n) is 9.53. The van der Waals surface area contributed by atoms with Crippen molar-refractivity contribution < 1.29 is 4.79 Å². The van der Waals surface area contributed by atoms with E-state index in [1.165, 1.54) is 0 Å². The highest BCUT2D eigenvalue weighted by atomic mass is 16.1. The summed E-state index contributed by atoms with van der Waals surface area (Å²) in [6.07, 6.45) is 1.88. The smallest absolute Gasteiger partial charge is 0.168 e. The van der Waals surface area contributed by atoms with Crippen LogP contribution in [-0.2, 0) is 13.0 Å². The van der Waals surface area contributed by atoms with Crippen LogP contribution in [0.5, 0.6) is 0 Å². The fourth-order valence-corrected chi connectivity index (χ4v) is 2.09. The van der Waals surface area contributed by atoms with Gasteiger partial charge in [-0.3, -0.25) is 9.48 Å². The van der Waals surface area contributed by atoms with Crippen molar-refractivity contribution in [2.45, 2.75) is 32.9 Å². The molecule has 0 atom stereocenters. The number of carbonyl (C=O) groups excluding carboxylic acids is 1. The van der Waals surface area contributed by atoms with E-state index in [1.54, 1.807) is 0 Å². The molecule has 0 amide bonds. The number of hydrogen-bond acceptors (Lipinski definition) is 3. The van der Waals surface area contributed by atoms with E-state index < -0.39 is 0 Å². The lowest BCUT2D eigenvalue weighted by molar-refractivity contribution is 0.111. The average molecular weight is 207 g/mol. The van der Waals surface area contributed by atoms with Gasteiger partial charge in [0.1, 0.15) is 5.69 Å². The maximum Gasteiger partial charge on any atom is 0.168 e. The summed E-state index contributed by atoms with van der Waals surface area (Å²) in [7, 11) is 2.08. The van der Waals surface area contributed by atoms with E-state index in [0.717, 1.165) is 42.7 Å². The van der Waals surface area contributed by atoms with Gasteiger partial charge in [0.2, 0.25) is 0 Å². The fourth-order valence-electron chi connectivity index (χ4n) is 2.09. The lowest BCUT2D eigenvalue weighted by atomic mass is 10.1. The largest absolute Gasteiger partial charge is 0.300 e. The molecule has 4 nitrogen and oxygen atoms in total. The molecular formula is C11H17N3O. The van der Waals surface area contributed by atoms with Crippen LogP contribution in [0.3, 0.4) is 0 Å².